The number of benzene rings is 1. The fourth-order valence-corrected chi connectivity index (χ4v) is 4.00. The van der Waals surface area contributed by atoms with E-state index in [0.29, 0.717) is 23.2 Å². The molecule has 1 aromatic carbocycles. The fourth-order valence-electron chi connectivity index (χ4n) is 2.84. The number of aromatic nitrogens is 2. The van der Waals surface area contributed by atoms with Gasteiger partial charge in [0.05, 0.1) is 18.3 Å². The highest BCUT2D eigenvalue weighted by molar-refractivity contribution is 7.99. The normalized spacial score (nSPS) is 15.8. The van der Waals surface area contributed by atoms with E-state index >= 15 is 0 Å². The molecule has 7 heteroatoms. The minimum Gasteiger partial charge on any atom is -0.494 e. The summed E-state index contributed by atoms with van der Waals surface area (Å²) in [4.78, 5) is 29.4. The number of fused-ring (bicyclic) bond motifs is 1. The third kappa shape index (κ3) is 4.09. The maximum atomic E-state index is 12.4. The highest BCUT2D eigenvalue weighted by Crippen LogP contribution is 2.33. The van der Waals surface area contributed by atoms with Crippen molar-refractivity contribution in [2.75, 3.05) is 17.7 Å². The summed E-state index contributed by atoms with van der Waals surface area (Å²) in [5.74, 6) is 1.54. The van der Waals surface area contributed by atoms with Gasteiger partial charge in [-0.3, -0.25) is 14.2 Å². The first-order valence-corrected chi connectivity index (χ1v) is 9.75. The highest BCUT2D eigenvalue weighted by atomic mass is 32.2. The molecule has 1 unspecified atom stereocenters. The van der Waals surface area contributed by atoms with Crippen molar-refractivity contribution in [1.82, 2.24) is 9.55 Å². The molecule has 1 aliphatic rings. The lowest BCUT2D eigenvalue weighted by Gasteiger charge is -2.14. The molecule has 0 aliphatic carbocycles. The van der Waals surface area contributed by atoms with Crippen molar-refractivity contribution in [2.45, 2.75) is 44.3 Å². The number of carbonyl (C=O) groups is 1. The number of nitrogens with zero attached hydrogens (tertiary/aromatic N) is 2. The SMILES string of the molecule is CCOc1ccc(NC(=O)CC2CSc3nc(C(C)C)cc(=O)n32)cc1. The molecule has 1 amide bonds. The third-order valence-electron chi connectivity index (χ3n) is 4.17. The number of rotatable bonds is 6. The first kappa shape index (κ1) is 18.5. The van der Waals surface area contributed by atoms with Gasteiger partial charge in [0.2, 0.25) is 5.91 Å². The monoisotopic (exact) mass is 373 g/mol. The van der Waals surface area contributed by atoms with E-state index in [4.69, 9.17) is 4.74 Å². The molecule has 0 radical (unpaired) electrons. The maximum Gasteiger partial charge on any atom is 0.254 e. The van der Waals surface area contributed by atoms with Crippen LogP contribution in [0.4, 0.5) is 5.69 Å². The Morgan fingerprint density at radius 2 is 2.12 bits per heavy atom. The molecule has 0 saturated heterocycles. The van der Waals surface area contributed by atoms with Gasteiger partial charge in [0, 0.05) is 23.9 Å². The van der Waals surface area contributed by atoms with Crippen LogP contribution in [0.3, 0.4) is 0 Å². The van der Waals surface area contributed by atoms with E-state index in [-0.39, 0.29) is 29.8 Å². The zero-order chi connectivity index (χ0) is 18.7. The van der Waals surface area contributed by atoms with Crippen molar-refractivity contribution in [1.29, 1.82) is 0 Å². The van der Waals surface area contributed by atoms with Crippen LogP contribution in [-0.4, -0.2) is 27.8 Å². The van der Waals surface area contributed by atoms with E-state index in [1.54, 1.807) is 10.6 Å². The first-order valence-electron chi connectivity index (χ1n) is 8.77. The molecule has 1 aromatic heterocycles. The molecule has 2 heterocycles. The summed E-state index contributed by atoms with van der Waals surface area (Å²) in [6.45, 7) is 6.56. The van der Waals surface area contributed by atoms with Crippen LogP contribution in [0.2, 0.25) is 0 Å². The van der Waals surface area contributed by atoms with Crippen LogP contribution >= 0.6 is 11.8 Å². The molecule has 1 N–H and O–H groups in total. The average Bonchev–Trinajstić information content (AvgIpc) is 3.00. The molecule has 2 aromatic rings. The zero-order valence-electron chi connectivity index (χ0n) is 15.2. The van der Waals surface area contributed by atoms with Crippen LogP contribution in [0.5, 0.6) is 5.75 Å². The van der Waals surface area contributed by atoms with Crippen LogP contribution in [0.25, 0.3) is 0 Å². The van der Waals surface area contributed by atoms with Gasteiger partial charge in [0.1, 0.15) is 5.75 Å². The topological polar surface area (TPSA) is 73.2 Å². The van der Waals surface area contributed by atoms with Crippen molar-refractivity contribution < 1.29 is 9.53 Å². The van der Waals surface area contributed by atoms with Crippen LogP contribution in [-0.2, 0) is 4.79 Å². The number of amides is 1. The summed E-state index contributed by atoms with van der Waals surface area (Å²) in [6, 6.07) is 8.67. The van der Waals surface area contributed by atoms with Crippen molar-refractivity contribution >= 4 is 23.4 Å². The van der Waals surface area contributed by atoms with Crippen molar-refractivity contribution in [3.8, 4) is 5.75 Å². The summed E-state index contributed by atoms with van der Waals surface area (Å²) in [7, 11) is 0. The minimum atomic E-state index is -0.168. The Morgan fingerprint density at radius 1 is 1.38 bits per heavy atom. The molecule has 0 fully saturated rings. The van der Waals surface area contributed by atoms with E-state index in [1.807, 2.05) is 45.0 Å². The number of anilines is 1. The first-order chi connectivity index (χ1) is 12.5. The summed E-state index contributed by atoms with van der Waals surface area (Å²) in [5, 5.41) is 3.59. The van der Waals surface area contributed by atoms with Crippen LogP contribution in [0.1, 0.15) is 44.8 Å². The van der Waals surface area contributed by atoms with Gasteiger partial charge in [0.15, 0.2) is 5.16 Å². The quantitative estimate of drug-likeness (QED) is 0.785. The highest BCUT2D eigenvalue weighted by Gasteiger charge is 2.28. The van der Waals surface area contributed by atoms with E-state index in [0.717, 1.165) is 11.4 Å². The summed E-state index contributed by atoms with van der Waals surface area (Å²) in [5.41, 5.74) is 1.43. The van der Waals surface area contributed by atoms with Crippen molar-refractivity contribution in [3.05, 3.63) is 46.4 Å². The fraction of sp³-hybridized carbons (Fsp3) is 0.421. The van der Waals surface area contributed by atoms with Gasteiger partial charge in [-0.05, 0) is 37.1 Å². The second-order valence-corrected chi connectivity index (χ2v) is 7.49. The minimum absolute atomic E-state index is 0.0810. The largest absolute Gasteiger partial charge is 0.494 e. The standard InChI is InChI=1S/C19H23N3O3S/c1-4-25-15-7-5-13(6-8-15)20-17(23)9-14-11-26-19-21-16(12(2)3)10-18(24)22(14)19/h5-8,10,12,14H,4,9,11H2,1-3H3,(H,20,23). The average molecular weight is 373 g/mol. The second-order valence-electron chi connectivity index (χ2n) is 6.50. The van der Waals surface area contributed by atoms with Gasteiger partial charge in [-0.25, -0.2) is 4.98 Å². The molecule has 1 aliphatic heterocycles. The molecule has 1 atom stereocenters. The Morgan fingerprint density at radius 3 is 2.77 bits per heavy atom. The summed E-state index contributed by atoms with van der Waals surface area (Å²) >= 11 is 1.53. The molecular weight excluding hydrogens is 350 g/mol. The van der Waals surface area contributed by atoms with Gasteiger partial charge >= 0.3 is 0 Å². The Bertz CT molecular complexity index is 846. The lowest BCUT2D eigenvalue weighted by Crippen LogP contribution is -2.28. The number of nitrogens with one attached hydrogen (secondary N) is 1. The van der Waals surface area contributed by atoms with Crippen LogP contribution in [0.15, 0.2) is 40.3 Å². The molecular formula is C19H23N3O3S. The lowest BCUT2D eigenvalue weighted by molar-refractivity contribution is -0.116. The second kappa shape index (κ2) is 7.95. The number of thioether (sulfide) groups is 1. The number of hydrogen-bond donors (Lipinski definition) is 1. The smallest absolute Gasteiger partial charge is 0.254 e. The van der Waals surface area contributed by atoms with Crippen LogP contribution in [0, 0.1) is 0 Å². The third-order valence-corrected chi connectivity index (χ3v) is 5.27. The maximum absolute atomic E-state index is 12.4. The number of hydrogen-bond acceptors (Lipinski definition) is 5. The van der Waals surface area contributed by atoms with Crippen molar-refractivity contribution in [3.63, 3.8) is 0 Å². The zero-order valence-corrected chi connectivity index (χ0v) is 16.0. The number of carbonyl (C=O) groups excluding carboxylic acids is 1. The van der Waals surface area contributed by atoms with E-state index in [2.05, 4.69) is 10.3 Å². The van der Waals surface area contributed by atoms with E-state index in [9.17, 15) is 9.59 Å². The van der Waals surface area contributed by atoms with Crippen molar-refractivity contribution in [2.24, 2.45) is 0 Å². The Kier molecular flexibility index (Phi) is 5.66. The molecule has 138 valence electrons. The van der Waals surface area contributed by atoms with Crippen LogP contribution < -0.4 is 15.6 Å². The van der Waals surface area contributed by atoms with Gasteiger partial charge in [-0.2, -0.15) is 0 Å². The molecule has 3 rings (SSSR count). The molecule has 26 heavy (non-hydrogen) atoms. The lowest BCUT2D eigenvalue weighted by atomic mass is 10.1. The number of ether oxygens (including phenoxy) is 1. The molecule has 0 saturated carbocycles. The van der Waals surface area contributed by atoms with E-state index < -0.39 is 0 Å². The Labute approximate surface area is 157 Å². The molecule has 6 nitrogen and oxygen atoms in total. The molecule has 0 spiro atoms. The Hall–Kier alpha value is -2.28. The van der Waals surface area contributed by atoms with Gasteiger partial charge in [0.25, 0.3) is 5.56 Å². The van der Waals surface area contributed by atoms with Gasteiger partial charge in [-0.1, -0.05) is 25.6 Å². The summed E-state index contributed by atoms with van der Waals surface area (Å²) < 4.78 is 7.04. The predicted molar refractivity (Wildman–Crippen MR) is 103 cm³/mol. The van der Waals surface area contributed by atoms with Gasteiger partial charge < -0.3 is 10.1 Å². The van der Waals surface area contributed by atoms with Gasteiger partial charge in [-0.15, -0.1) is 0 Å². The Balaban J connectivity index is 1.67. The summed E-state index contributed by atoms with van der Waals surface area (Å²) in [6.07, 6.45) is 0.246. The van der Waals surface area contributed by atoms with E-state index in [1.165, 1.54) is 11.8 Å². The molecule has 0 bridgehead atoms. The predicted octanol–water partition coefficient (Wildman–Crippen LogP) is 3.44.